The number of hydrogen-bond acceptors (Lipinski definition) is 1. The van der Waals surface area contributed by atoms with Gasteiger partial charge in [0.2, 0.25) is 0 Å². The van der Waals surface area contributed by atoms with Crippen LogP contribution >= 0.6 is 0 Å². The van der Waals surface area contributed by atoms with Gasteiger partial charge in [0.1, 0.15) is 0 Å². The summed E-state index contributed by atoms with van der Waals surface area (Å²) in [6.45, 7) is 12.7. The topological polar surface area (TPSA) is 41.1 Å². The Kier molecular flexibility index (Phi) is 4.38. The molecule has 1 aromatic carbocycles. The fraction of sp³-hybridized carbons (Fsp3) is 0.533. The van der Waals surface area contributed by atoms with E-state index in [1.54, 1.807) is 0 Å². The fourth-order valence-electron chi connectivity index (χ4n) is 1.77. The molecule has 2 amide bonds. The summed E-state index contributed by atoms with van der Waals surface area (Å²) in [6, 6.07) is 4.18. The van der Waals surface area contributed by atoms with Crippen molar-refractivity contribution in [3.8, 4) is 0 Å². The maximum Gasteiger partial charge on any atom is 0.315 e. The van der Waals surface area contributed by atoms with Crippen molar-refractivity contribution in [1.29, 1.82) is 0 Å². The van der Waals surface area contributed by atoms with Crippen molar-refractivity contribution in [3.05, 3.63) is 34.4 Å². The highest BCUT2D eigenvalue weighted by Crippen LogP contribution is 2.15. The van der Waals surface area contributed by atoms with Gasteiger partial charge in [-0.2, -0.15) is 0 Å². The van der Waals surface area contributed by atoms with Crippen LogP contribution in [0.4, 0.5) is 4.79 Å². The molecule has 0 fully saturated rings. The first-order chi connectivity index (χ1) is 8.19. The Morgan fingerprint density at radius 2 is 1.61 bits per heavy atom. The molecule has 3 heteroatoms. The van der Waals surface area contributed by atoms with E-state index in [0.717, 1.165) is 0 Å². The maximum absolute atomic E-state index is 11.7. The molecule has 0 aliphatic rings. The average Bonchev–Trinajstić information content (AvgIpc) is 2.19. The summed E-state index contributed by atoms with van der Waals surface area (Å²) in [4.78, 5) is 11.7. The van der Waals surface area contributed by atoms with Crippen LogP contribution in [0.3, 0.4) is 0 Å². The molecular formula is C15H24N2O. The first-order valence-corrected chi connectivity index (χ1v) is 6.32. The summed E-state index contributed by atoms with van der Waals surface area (Å²) in [5.41, 5.74) is 4.72. The van der Waals surface area contributed by atoms with E-state index < -0.39 is 0 Å². The molecule has 0 atom stereocenters. The van der Waals surface area contributed by atoms with Crippen molar-refractivity contribution in [2.75, 3.05) is 0 Å². The van der Waals surface area contributed by atoms with Gasteiger partial charge >= 0.3 is 6.03 Å². The van der Waals surface area contributed by atoms with Crippen LogP contribution in [0, 0.1) is 20.8 Å². The highest BCUT2D eigenvalue weighted by Gasteiger charge is 2.13. The first kappa shape index (κ1) is 14.6. The molecule has 0 unspecified atom stereocenters. The molecule has 0 bridgehead atoms. The van der Waals surface area contributed by atoms with Crippen LogP contribution in [-0.4, -0.2) is 11.6 Å². The van der Waals surface area contributed by atoms with Crippen LogP contribution in [0.15, 0.2) is 12.1 Å². The number of aryl methyl sites for hydroxylation is 3. The van der Waals surface area contributed by atoms with Crippen molar-refractivity contribution >= 4 is 6.03 Å². The molecule has 0 saturated heterocycles. The van der Waals surface area contributed by atoms with Gasteiger partial charge in [0, 0.05) is 12.1 Å². The van der Waals surface area contributed by atoms with Gasteiger partial charge < -0.3 is 10.6 Å². The zero-order valence-electron chi connectivity index (χ0n) is 12.3. The Hall–Kier alpha value is -1.51. The standard InChI is InChI=1S/C15H24N2O/c1-10-7-12(3)13(8-11(10)2)9-16-14(18)17-15(4,5)6/h7-8H,9H2,1-6H3,(H2,16,17,18). The molecule has 0 radical (unpaired) electrons. The van der Waals surface area contributed by atoms with Gasteiger partial charge in [0.15, 0.2) is 0 Å². The number of amides is 2. The summed E-state index contributed by atoms with van der Waals surface area (Å²) in [7, 11) is 0. The van der Waals surface area contributed by atoms with Crippen LogP contribution in [0.1, 0.15) is 43.0 Å². The van der Waals surface area contributed by atoms with Gasteiger partial charge in [-0.1, -0.05) is 12.1 Å². The Balaban J connectivity index is 2.64. The Labute approximate surface area is 110 Å². The van der Waals surface area contributed by atoms with E-state index in [1.807, 2.05) is 20.8 Å². The Bertz CT molecular complexity index is 445. The van der Waals surface area contributed by atoms with Gasteiger partial charge in [0.05, 0.1) is 0 Å². The molecular weight excluding hydrogens is 224 g/mol. The first-order valence-electron chi connectivity index (χ1n) is 6.32. The predicted molar refractivity (Wildman–Crippen MR) is 75.8 cm³/mol. The van der Waals surface area contributed by atoms with Crippen molar-refractivity contribution in [2.24, 2.45) is 0 Å². The largest absolute Gasteiger partial charge is 0.334 e. The minimum absolute atomic E-state index is 0.125. The normalized spacial score (nSPS) is 11.2. The number of carbonyl (C=O) groups excluding carboxylic acids is 1. The predicted octanol–water partition coefficient (Wildman–Crippen LogP) is 3.21. The lowest BCUT2D eigenvalue weighted by atomic mass is 10.0. The highest BCUT2D eigenvalue weighted by atomic mass is 16.2. The third-order valence-electron chi connectivity index (χ3n) is 2.88. The summed E-state index contributed by atoms with van der Waals surface area (Å²) in [6.07, 6.45) is 0. The highest BCUT2D eigenvalue weighted by molar-refractivity contribution is 5.74. The molecule has 3 nitrogen and oxygen atoms in total. The maximum atomic E-state index is 11.7. The Morgan fingerprint density at radius 1 is 1.06 bits per heavy atom. The van der Waals surface area contributed by atoms with Crippen LogP contribution in [0.25, 0.3) is 0 Å². The number of carbonyl (C=O) groups is 1. The van der Waals surface area contributed by atoms with Gasteiger partial charge in [-0.15, -0.1) is 0 Å². The molecule has 0 heterocycles. The lowest BCUT2D eigenvalue weighted by Gasteiger charge is -2.21. The Morgan fingerprint density at radius 3 is 2.17 bits per heavy atom. The molecule has 1 aromatic rings. The van der Waals surface area contributed by atoms with Crippen LogP contribution in [0.2, 0.25) is 0 Å². The molecule has 0 spiro atoms. The van der Waals surface area contributed by atoms with Crippen molar-refractivity contribution in [1.82, 2.24) is 10.6 Å². The smallest absolute Gasteiger partial charge is 0.315 e. The molecule has 0 saturated carbocycles. The lowest BCUT2D eigenvalue weighted by Crippen LogP contribution is -2.46. The average molecular weight is 248 g/mol. The van der Waals surface area contributed by atoms with Crippen LogP contribution < -0.4 is 10.6 Å². The van der Waals surface area contributed by atoms with Gasteiger partial charge in [-0.3, -0.25) is 0 Å². The second kappa shape index (κ2) is 5.42. The zero-order chi connectivity index (χ0) is 13.9. The molecule has 0 aromatic heterocycles. The molecule has 100 valence electrons. The molecule has 1 rings (SSSR count). The van der Waals surface area contributed by atoms with Crippen molar-refractivity contribution in [3.63, 3.8) is 0 Å². The van der Waals surface area contributed by atoms with E-state index in [4.69, 9.17) is 0 Å². The van der Waals surface area contributed by atoms with Crippen molar-refractivity contribution in [2.45, 2.75) is 53.6 Å². The van der Waals surface area contributed by atoms with E-state index in [-0.39, 0.29) is 11.6 Å². The lowest BCUT2D eigenvalue weighted by molar-refractivity contribution is 0.231. The minimum Gasteiger partial charge on any atom is -0.334 e. The number of hydrogen-bond donors (Lipinski definition) is 2. The number of rotatable bonds is 2. The second-order valence-corrected chi connectivity index (χ2v) is 5.92. The van der Waals surface area contributed by atoms with Crippen molar-refractivity contribution < 1.29 is 4.79 Å². The quantitative estimate of drug-likeness (QED) is 0.829. The van der Waals surface area contributed by atoms with E-state index in [9.17, 15) is 4.79 Å². The second-order valence-electron chi connectivity index (χ2n) is 5.92. The fourth-order valence-corrected chi connectivity index (χ4v) is 1.77. The minimum atomic E-state index is -0.206. The molecule has 0 aliphatic heterocycles. The summed E-state index contributed by atoms with van der Waals surface area (Å²) in [5, 5.41) is 5.78. The van der Waals surface area contributed by atoms with E-state index in [0.29, 0.717) is 6.54 Å². The number of urea groups is 1. The third kappa shape index (κ3) is 4.40. The molecule has 2 N–H and O–H groups in total. The van der Waals surface area contributed by atoms with Gasteiger partial charge in [-0.05, 0) is 63.8 Å². The van der Waals surface area contributed by atoms with E-state index in [1.165, 1.54) is 22.3 Å². The zero-order valence-corrected chi connectivity index (χ0v) is 12.3. The third-order valence-corrected chi connectivity index (χ3v) is 2.88. The van der Waals surface area contributed by atoms with E-state index >= 15 is 0 Å². The van der Waals surface area contributed by atoms with E-state index in [2.05, 4.69) is 43.5 Å². The van der Waals surface area contributed by atoms with Crippen LogP contribution in [-0.2, 0) is 6.54 Å². The monoisotopic (exact) mass is 248 g/mol. The summed E-state index contributed by atoms with van der Waals surface area (Å²) >= 11 is 0. The summed E-state index contributed by atoms with van der Waals surface area (Å²) in [5.74, 6) is 0. The van der Waals surface area contributed by atoms with Crippen LogP contribution in [0.5, 0.6) is 0 Å². The summed E-state index contributed by atoms with van der Waals surface area (Å²) < 4.78 is 0. The van der Waals surface area contributed by atoms with Gasteiger partial charge in [-0.25, -0.2) is 4.79 Å². The molecule has 0 aliphatic carbocycles. The SMILES string of the molecule is Cc1cc(C)c(CNC(=O)NC(C)(C)C)cc1C. The number of nitrogens with one attached hydrogen (secondary N) is 2. The number of benzene rings is 1. The molecule has 18 heavy (non-hydrogen) atoms. The van der Waals surface area contributed by atoms with Gasteiger partial charge in [0.25, 0.3) is 0 Å².